The molecule has 1 unspecified atom stereocenters. The van der Waals surface area contributed by atoms with E-state index in [4.69, 9.17) is 4.42 Å². The van der Waals surface area contributed by atoms with E-state index >= 15 is 0 Å². The molecule has 0 aliphatic carbocycles. The average molecular weight is 283 g/mol. The monoisotopic (exact) mass is 283 g/mol. The average Bonchev–Trinajstić information content (AvgIpc) is 3.13. The maximum atomic E-state index is 12.5. The van der Waals surface area contributed by atoms with Crippen LogP contribution in [0.1, 0.15) is 41.3 Å². The number of carbonyl (C=O) groups is 1. The van der Waals surface area contributed by atoms with Crippen molar-refractivity contribution in [1.82, 2.24) is 15.3 Å². The van der Waals surface area contributed by atoms with E-state index in [-0.39, 0.29) is 11.9 Å². The highest BCUT2D eigenvalue weighted by molar-refractivity contribution is 5.99. The predicted molar refractivity (Wildman–Crippen MR) is 80.0 cm³/mol. The Morgan fingerprint density at radius 2 is 2.24 bits per heavy atom. The largest absolute Gasteiger partial charge is 0.451 e. The Hall–Kier alpha value is -2.56. The molecule has 0 fully saturated rings. The van der Waals surface area contributed by atoms with Crippen LogP contribution in [0.3, 0.4) is 0 Å². The lowest BCUT2D eigenvalue weighted by Crippen LogP contribution is -2.29. The van der Waals surface area contributed by atoms with Crippen molar-refractivity contribution in [2.75, 3.05) is 0 Å². The zero-order valence-corrected chi connectivity index (χ0v) is 12.0. The molecule has 0 radical (unpaired) electrons. The molecule has 5 nitrogen and oxygen atoms in total. The van der Waals surface area contributed by atoms with E-state index in [1.54, 1.807) is 12.4 Å². The molecule has 21 heavy (non-hydrogen) atoms. The van der Waals surface area contributed by atoms with Gasteiger partial charge in [-0.1, -0.05) is 25.1 Å². The van der Waals surface area contributed by atoms with Crippen LogP contribution in [-0.4, -0.2) is 15.9 Å². The van der Waals surface area contributed by atoms with Crippen LogP contribution in [0.5, 0.6) is 0 Å². The van der Waals surface area contributed by atoms with Gasteiger partial charge < -0.3 is 14.7 Å². The Morgan fingerprint density at radius 1 is 1.43 bits per heavy atom. The minimum Gasteiger partial charge on any atom is -0.451 e. The van der Waals surface area contributed by atoms with E-state index in [2.05, 4.69) is 15.3 Å². The third kappa shape index (κ3) is 2.42. The van der Waals surface area contributed by atoms with Gasteiger partial charge in [-0.3, -0.25) is 4.79 Å². The number of H-pyrrole nitrogens is 1. The van der Waals surface area contributed by atoms with Gasteiger partial charge in [0.2, 0.25) is 0 Å². The number of carbonyl (C=O) groups excluding carboxylic acids is 1. The highest BCUT2D eigenvalue weighted by Gasteiger charge is 2.21. The third-order valence-corrected chi connectivity index (χ3v) is 3.61. The lowest BCUT2D eigenvalue weighted by Gasteiger charge is -2.13. The smallest absolute Gasteiger partial charge is 0.287 e. The number of benzene rings is 1. The molecule has 1 aromatic carbocycles. The summed E-state index contributed by atoms with van der Waals surface area (Å²) in [4.78, 5) is 19.7. The van der Waals surface area contributed by atoms with Crippen LogP contribution < -0.4 is 5.32 Å². The van der Waals surface area contributed by atoms with Gasteiger partial charge in [0.1, 0.15) is 11.4 Å². The molecule has 3 aromatic rings. The summed E-state index contributed by atoms with van der Waals surface area (Å²) in [6, 6.07) is 7.49. The number of nitrogens with zero attached hydrogens (tertiary/aromatic N) is 1. The topological polar surface area (TPSA) is 70.9 Å². The number of amides is 1. The molecule has 108 valence electrons. The summed E-state index contributed by atoms with van der Waals surface area (Å²) in [5.41, 5.74) is 1.59. The molecular weight excluding hydrogens is 266 g/mol. The van der Waals surface area contributed by atoms with Crippen molar-refractivity contribution in [2.24, 2.45) is 0 Å². The van der Waals surface area contributed by atoms with Gasteiger partial charge >= 0.3 is 0 Å². The first kappa shape index (κ1) is 13.4. The van der Waals surface area contributed by atoms with E-state index in [1.807, 2.05) is 38.1 Å². The third-order valence-electron chi connectivity index (χ3n) is 3.61. The molecule has 2 heterocycles. The van der Waals surface area contributed by atoms with Crippen molar-refractivity contribution < 1.29 is 9.21 Å². The van der Waals surface area contributed by atoms with E-state index < -0.39 is 0 Å². The molecular formula is C16H17N3O2. The molecule has 2 N–H and O–H groups in total. The van der Waals surface area contributed by atoms with E-state index in [1.165, 1.54) is 0 Å². The van der Waals surface area contributed by atoms with Crippen LogP contribution in [0, 0.1) is 6.92 Å². The first-order valence-electron chi connectivity index (χ1n) is 6.99. The quantitative estimate of drug-likeness (QED) is 0.771. The van der Waals surface area contributed by atoms with E-state index in [0.717, 1.165) is 28.8 Å². The first-order chi connectivity index (χ1) is 10.2. The summed E-state index contributed by atoms with van der Waals surface area (Å²) in [5, 5.41) is 3.93. The Balaban J connectivity index is 1.88. The second-order valence-corrected chi connectivity index (χ2v) is 4.96. The van der Waals surface area contributed by atoms with Gasteiger partial charge in [-0.2, -0.15) is 0 Å². The molecule has 0 saturated carbocycles. The number of rotatable bonds is 4. The summed E-state index contributed by atoms with van der Waals surface area (Å²) in [7, 11) is 0. The van der Waals surface area contributed by atoms with Crippen molar-refractivity contribution in [3.63, 3.8) is 0 Å². The maximum absolute atomic E-state index is 12.5. The van der Waals surface area contributed by atoms with Gasteiger partial charge in [-0.15, -0.1) is 0 Å². The van der Waals surface area contributed by atoms with Crippen molar-refractivity contribution in [2.45, 2.75) is 26.3 Å². The van der Waals surface area contributed by atoms with Crippen molar-refractivity contribution in [3.05, 3.63) is 53.8 Å². The van der Waals surface area contributed by atoms with Crippen molar-refractivity contribution >= 4 is 16.9 Å². The molecule has 2 aromatic heterocycles. The van der Waals surface area contributed by atoms with Gasteiger partial charge in [-0.05, 0) is 19.4 Å². The standard InChI is InChI=1S/C16H17N3O2/c1-3-12(15-17-8-9-18-15)19-16(20)14-10(2)11-6-4-5-7-13(11)21-14/h4-9,12H,3H2,1-2H3,(H,17,18)(H,19,20). The second-order valence-electron chi connectivity index (χ2n) is 4.96. The fourth-order valence-corrected chi connectivity index (χ4v) is 2.45. The summed E-state index contributed by atoms with van der Waals surface area (Å²) in [6.45, 7) is 3.90. The van der Waals surface area contributed by atoms with Crippen molar-refractivity contribution in [3.8, 4) is 0 Å². The number of para-hydroxylation sites is 1. The summed E-state index contributed by atoms with van der Waals surface area (Å²) in [5.74, 6) is 0.896. The fraction of sp³-hybridized carbons (Fsp3) is 0.250. The first-order valence-corrected chi connectivity index (χ1v) is 6.99. The number of nitrogens with one attached hydrogen (secondary N) is 2. The van der Waals surface area contributed by atoms with Crippen LogP contribution >= 0.6 is 0 Å². The SMILES string of the molecule is CCC(NC(=O)c1oc2ccccc2c1C)c1ncc[nH]1. The zero-order chi connectivity index (χ0) is 14.8. The number of furan rings is 1. The normalized spacial score (nSPS) is 12.5. The number of hydrogen-bond acceptors (Lipinski definition) is 3. The Morgan fingerprint density at radius 3 is 2.90 bits per heavy atom. The summed E-state index contributed by atoms with van der Waals surface area (Å²) >= 11 is 0. The van der Waals surface area contributed by atoms with Crippen LogP contribution in [0.25, 0.3) is 11.0 Å². The second kappa shape index (κ2) is 5.44. The highest BCUT2D eigenvalue weighted by atomic mass is 16.3. The van der Waals surface area contributed by atoms with Crippen LogP contribution in [0.4, 0.5) is 0 Å². The van der Waals surface area contributed by atoms with Crippen LogP contribution in [-0.2, 0) is 0 Å². The Kier molecular flexibility index (Phi) is 3.48. The summed E-state index contributed by atoms with van der Waals surface area (Å²) < 4.78 is 5.68. The molecule has 0 saturated heterocycles. The number of aryl methyl sites for hydroxylation is 1. The Labute approximate surface area is 122 Å². The maximum Gasteiger partial charge on any atom is 0.287 e. The van der Waals surface area contributed by atoms with Crippen LogP contribution in [0.2, 0.25) is 0 Å². The zero-order valence-electron chi connectivity index (χ0n) is 12.0. The van der Waals surface area contributed by atoms with E-state index in [9.17, 15) is 4.79 Å². The number of aromatic amines is 1. The minimum absolute atomic E-state index is 0.153. The van der Waals surface area contributed by atoms with Gasteiger partial charge in [0.25, 0.3) is 5.91 Å². The molecule has 0 bridgehead atoms. The Bertz CT molecular complexity index is 759. The van der Waals surface area contributed by atoms with Gasteiger partial charge in [0.15, 0.2) is 5.76 Å². The van der Waals surface area contributed by atoms with Gasteiger partial charge in [0, 0.05) is 23.3 Å². The molecule has 1 atom stereocenters. The molecule has 1 amide bonds. The van der Waals surface area contributed by atoms with Gasteiger partial charge in [0.05, 0.1) is 6.04 Å². The number of imidazole rings is 1. The molecule has 0 aliphatic heterocycles. The van der Waals surface area contributed by atoms with Crippen LogP contribution in [0.15, 0.2) is 41.1 Å². The molecule has 0 spiro atoms. The number of fused-ring (bicyclic) bond motifs is 1. The lowest BCUT2D eigenvalue weighted by molar-refractivity contribution is 0.0907. The molecule has 0 aliphatic rings. The van der Waals surface area contributed by atoms with E-state index in [0.29, 0.717) is 5.76 Å². The predicted octanol–water partition coefficient (Wildman–Crippen LogP) is 3.35. The minimum atomic E-state index is -0.216. The fourth-order valence-electron chi connectivity index (χ4n) is 2.45. The molecule has 5 heteroatoms. The van der Waals surface area contributed by atoms with Crippen molar-refractivity contribution in [1.29, 1.82) is 0 Å². The summed E-state index contributed by atoms with van der Waals surface area (Å²) in [6.07, 6.45) is 4.17. The molecule has 3 rings (SSSR count). The number of aromatic nitrogens is 2. The lowest BCUT2D eigenvalue weighted by atomic mass is 10.1. The number of hydrogen-bond donors (Lipinski definition) is 2. The highest BCUT2D eigenvalue weighted by Crippen LogP contribution is 2.25. The van der Waals surface area contributed by atoms with Gasteiger partial charge in [-0.25, -0.2) is 4.98 Å².